The molecule has 3 heteroatoms. The SMILES string of the molecule is Cc1c(N)c(O)cc2ccsc12. The van der Waals surface area contributed by atoms with Crippen LogP contribution in [0.3, 0.4) is 0 Å². The lowest BCUT2D eigenvalue weighted by Gasteiger charge is -2.03. The third-order valence-electron chi connectivity index (χ3n) is 2.01. The number of phenolic OH excluding ortho intramolecular Hbond substituents is 1. The molecular formula is C9H9NOS. The zero-order chi connectivity index (χ0) is 8.72. The summed E-state index contributed by atoms with van der Waals surface area (Å²) in [6.07, 6.45) is 0. The molecule has 0 fully saturated rings. The average Bonchev–Trinajstić information content (AvgIpc) is 2.48. The van der Waals surface area contributed by atoms with E-state index in [-0.39, 0.29) is 5.75 Å². The van der Waals surface area contributed by atoms with Crippen molar-refractivity contribution in [1.29, 1.82) is 0 Å². The number of rotatable bonds is 0. The van der Waals surface area contributed by atoms with Crippen molar-refractivity contribution in [3.05, 3.63) is 23.1 Å². The van der Waals surface area contributed by atoms with Gasteiger partial charge in [0.05, 0.1) is 5.69 Å². The maximum absolute atomic E-state index is 9.40. The highest BCUT2D eigenvalue weighted by molar-refractivity contribution is 7.17. The number of nitrogens with two attached hydrogens (primary N) is 1. The molecule has 0 amide bonds. The van der Waals surface area contributed by atoms with E-state index in [1.54, 1.807) is 17.4 Å². The van der Waals surface area contributed by atoms with Gasteiger partial charge < -0.3 is 10.8 Å². The lowest BCUT2D eigenvalue weighted by molar-refractivity contribution is 0.478. The molecule has 0 saturated carbocycles. The van der Waals surface area contributed by atoms with E-state index in [1.165, 1.54) is 0 Å². The van der Waals surface area contributed by atoms with Gasteiger partial charge in [-0.25, -0.2) is 0 Å². The third-order valence-corrected chi connectivity index (χ3v) is 3.06. The first-order valence-electron chi connectivity index (χ1n) is 3.65. The number of nitrogen functional groups attached to an aromatic ring is 1. The molecule has 1 aromatic heterocycles. The van der Waals surface area contributed by atoms with Gasteiger partial charge in [0.1, 0.15) is 5.75 Å². The Balaban J connectivity index is 2.94. The van der Waals surface area contributed by atoms with Crippen LogP contribution in [-0.2, 0) is 0 Å². The van der Waals surface area contributed by atoms with Crippen molar-refractivity contribution in [2.75, 3.05) is 5.73 Å². The Morgan fingerprint density at radius 3 is 3.00 bits per heavy atom. The smallest absolute Gasteiger partial charge is 0.139 e. The highest BCUT2D eigenvalue weighted by atomic mass is 32.1. The van der Waals surface area contributed by atoms with Crippen molar-refractivity contribution in [2.24, 2.45) is 0 Å². The minimum absolute atomic E-state index is 0.179. The van der Waals surface area contributed by atoms with E-state index in [2.05, 4.69) is 0 Å². The van der Waals surface area contributed by atoms with Crippen LogP contribution in [0.15, 0.2) is 17.5 Å². The van der Waals surface area contributed by atoms with Crippen molar-refractivity contribution >= 4 is 27.1 Å². The molecule has 0 radical (unpaired) electrons. The largest absolute Gasteiger partial charge is 0.506 e. The molecule has 0 unspecified atom stereocenters. The summed E-state index contributed by atoms with van der Waals surface area (Å²) in [7, 11) is 0. The summed E-state index contributed by atoms with van der Waals surface area (Å²) in [5.74, 6) is 0.179. The standard InChI is InChI=1S/C9H9NOS/c1-5-8(10)7(11)4-6-2-3-12-9(5)6/h2-4,11H,10H2,1H3. The Morgan fingerprint density at radius 1 is 1.50 bits per heavy atom. The van der Waals surface area contributed by atoms with Gasteiger partial charge in [0.25, 0.3) is 0 Å². The predicted octanol–water partition coefficient (Wildman–Crippen LogP) is 2.50. The van der Waals surface area contributed by atoms with Crippen molar-refractivity contribution in [2.45, 2.75) is 6.92 Å². The summed E-state index contributed by atoms with van der Waals surface area (Å²) in [5, 5.41) is 12.5. The first-order valence-corrected chi connectivity index (χ1v) is 4.53. The van der Waals surface area contributed by atoms with Gasteiger partial charge in [-0.2, -0.15) is 0 Å². The Bertz CT molecular complexity index is 433. The molecule has 2 rings (SSSR count). The molecule has 62 valence electrons. The van der Waals surface area contributed by atoms with E-state index in [0.717, 1.165) is 15.6 Å². The summed E-state index contributed by atoms with van der Waals surface area (Å²) in [4.78, 5) is 0. The van der Waals surface area contributed by atoms with E-state index >= 15 is 0 Å². The van der Waals surface area contributed by atoms with Crippen LogP contribution >= 0.6 is 11.3 Å². The second-order valence-electron chi connectivity index (χ2n) is 2.77. The molecule has 1 aromatic carbocycles. The van der Waals surface area contributed by atoms with Crippen LogP contribution in [0.1, 0.15) is 5.56 Å². The third kappa shape index (κ3) is 0.865. The van der Waals surface area contributed by atoms with E-state index < -0.39 is 0 Å². The fourth-order valence-corrected chi connectivity index (χ4v) is 2.18. The Morgan fingerprint density at radius 2 is 2.25 bits per heavy atom. The number of aryl methyl sites for hydroxylation is 1. The Hall–Kier alpha value is -1.22. The second-order valence-corrected chi connectivity index (χ2v) is 3.69. The lowest BCUT2D eigenvalue weighted by Crippen LogP contribution is -1.89. The zero-order valence-electron chi connectivity index (χ0n) is 6.66. The first kappa shape index (κ1) is 7.43. The molecule has 0 saturated heterocycles. The number of hydrogen-bond donors (Lipinski definition) is 2. The maximum atomic E-state index is 9.40. The zero-order valence-corrected chi connectivity index (χ0v) is 7.48. The molecular weight excluding hydrogens is 170 g/mol. The van der Waals surface area contributed by atoms with Gasteiger partial charge in [0.2, 0.25) is 0 Å². The number of hydrogen-bond acceptors (Lipinski definition) is 3. The van der Waals surface area contributed by atoms with Crippen molar-refractivity contribution < 1.29 is 5.11 Å². The predicted molar refractivity (Wildman–Crippen MR) is 52.6 cm³/mol. The number of phenols is 1. The van der Waals surface area contributed by atoms with E-state index in [4.69, 9.17) is 5.73 Å². The van der Waals surface area contributed by atoms with Gasteiger partial charge in [-0.1, -0.05) is 0 Å². The van der Waals surface area contributed by atoms with Gasteiger partial charge in [0.15, 0.2) is 0 Å². The van der Waals surface area contributed by atoms with E-state index in [1.807, 2.05) is 18.4 Å². The molecule has 0 atom stereocenters. The molecule has 3 N–H and O–H groups in total. The summed E-state index contributed by atoms with van der Waals surface area (Å²) in [6.45, 7) is 1.92. The van der Waals surface area contributed by atoms with Crippen LogP contribution in [0.4, 0.5) is 5.69 Å². The Labute approximate surface area is 74.3 Å². The number of anilines is 1. The Kier molecular flexibility index (Phi) is 1.48. The highest BCUT2D eigenvalue weighted by Gasteiger charge is 2.06. The number of thiophene rings is 1. The minimum atomic E-state index is 0.179. The molecule has 0 aliphatic rings. The molecule has 1 heterocycles. The van der Waals surface area contributed by atoms with Gasteiger partial charge in [-0.05, 0) is 35.4 Å². The van der Waals surface area contributed by atoms with E-state index in [9.17, 15) is 5.11 Å². The number of aromatic hydroxyl groups is 1. The minimum Gasteiger partial charge on any atom is -0.506 e. The van der Waals surface area contributed by atoms with Crippen LogP contribution < -0.4 is 5.73 Å². The lowest BCUT2D eigenvalue weighted by atomic mass is 10.1. The quantitative estimate of drug-likeness (QED) is 0.482. The number of fused-ring (bicyclic) bond motifs is 1. The van der Waals surface area contributed by atoms with Gasteiger partial charge in [0, 0.05) is 4.70 Å². The van der Waals surface area contributed by atoms with Crippen molar-refractivity contribution in [3.8, 4) is 5.75 Å². The summed E-state index contributed by atoms with van der Waals surface area (Å²) >= 11 is 1.65. The molecule has 12 heavy (non-hydrogen) atoms. The van der Waals surface area contributed by atoms with Crippen LogP contribution in [-0.4, -0.2) is 5.11 Å². The first-order chi connectivity index (χ1) is 5.70. The topological polar surface area (TPSA) is 46.2 Å². The molecule has 0 spiro atoms. The van der Waals surface area contributed by atoms with Crippen LogP contribution in [0.2, 0.25) is 0 Å². The normalized spacial score (nSPS) is 10.8. The molecule has 2 nitrogen and oxygen atoms in total. The second kappa shape index (κ2) is 2.38. The molecule has 2 aromatic rings. The van der Waals surface area contributed by atoms with E-state index in [0.29, 0.717) is 5.69 Å². The van der Waals surface area contributed by atoms with Gasteiger partial charge >= 0.3 is 0 Å². The van der Waals surface area contributed by atoms with Crippen molar-refractivity contribution in [3.63, 3.8) is 0 Å². The maximum Gasteiger partial charge on any atom is 0.139 e. The van der Waals surface area contributed by atoms with Gasteiger partial charge in [-0.15, -0.1) is 11.3 Å². The average molecular weight is 179 g/mol. The summed E-state index contributed by atoms with van der Waals surface area (Å²) in [6, 6.07) is 3.68. The molecule has 0 aliphatic heterocycles. The molecule has 0 aliphatic carbocycles. The van der Waals surface area contributed by atoms with Crippen molar-refractivity contribution in [1.82, 2.24) is 0 Å². The van der Waals surface area contributed by atoms with Crippen LogP contribution in [0, 0.1) is 6.92 Å². The fourth-order valence-electron chi connectivity index (χ4n) is 1.28. The van der Waals surface area contributed by atoms with Crippen LogP contribution in [0.25, 0.3) is 10.1 Å². The summed E-state index contributed by atoms with van der Waals surface area (Å²) < 4.78 is 1.16. The van der Waals surface area contributed by atoms with Crippen LogP contribution in [0.5, 0.6) is 5.75 Å². The van der Waals surface area contributed by atoms with Gasteiger partial charge in [-0.3, -0.25) is 0 Å². The summed E-state index contributed by atoms with van der Waals surface area (Å²) in [5.41, 5.74) is 7.13. The molecule has 0 bridgehead atoms. The fraction of sp³-hybridized carbons (Fsp3) is 0.111. The monoisotopic (exact) mass is 179 g/mol. The number of benzene rings is 1. The highest BCUT2D eigenvalue weighted by Crippen LogP contribution is 2.34.